The molecule has 0 aliphatic carbocycles. The molecule has 4 aromatic carbocycles. The van der Waals surface area contributed by atoms with Crippen LogP contribution in [0.5, 0.6) is 5.75 Å². The van der Waals surface area contributed by atoms with E-state index in [2.05, 4.69) is 48.5 Å². The lowest BCUT2D eigenvalue weighted by molar-refractivity contribution is 0.420. The van der Waals surface area contributed by atoms with E-state index >= 15 is 0 Å². The van der Waals surface area contributed by atoms with Crippen LogP contribution in [0.1, 0.15) is 0 Å². The molecule has 18 heavy (non-hydrogen) atoms. The Morgan fingerprint density at radius 3 is 2.44 bits per heavy atom. The predicted octanol–water partition coefficient (Wildman–Crippen LogP) is 4.39. The molecule has 0 aliphatic heterocycles. The zero-order valence-electron chi connectivity index (χ0n) is 10.0. The maximum Gasteiger partial charge on any atom is 0.127 e. The van der Waals surface area contributed by atoms with Gasteiger partial charge in [0.2, 0.25) is 0 Å². The second-order valence-electron chi connectivity index (χ2n) is 4.54. The number of hydrogen-bond donors (Lipinski definition) is 0. The largest absolute Gasteiger partial charge is 0.496 e. The van der Waals surface area contributed by atoms with Gasteiger partial charge in [0.25, 0.3) is 0 Å². The fourth-order valence-electron chi connectivity index (χ4n) is 2.80. The van der Waals surface area contributed by atoms with Crippen LogP contribution in [0, 0.1) is 6.07 Å². The number of benzene rings is 4. The molecule has 0 spiro atoms. The molecular formula is C17H11O. The van der Waals surface area contributed by atoms with Gasteiger partial charge < -0.3 is 4.74 Å². The van der Waals surface area contributed by atoms with Crippen molar-refractivity contribution in [2.24, 2.45) is 0 Å². The van der Waals surface area contributed by atoms with Gasteiger partial charge in [-0.2, -0.15) is 0 Å². The topological polar surface area (TPSA) is 9.23 Å². The molecule has 0 saturated heterocycles. The Morgan fingerprint density at radius 1 is 0.889 bits per heavy atom. The summed E-state index contributed by atoms with van der Waals surface area (Å²) in [6, 6.07) is 20.2. The molecular weight excluding hydrogens is 220 g/mol. The quantitative estimate of drug-likeness (QED) is 0.441. The number of methoxy groups -OCH3 is 1. The minimum absolute atomic E-state index is 0.890. The highest BCUT2D eigenvalue weighted by molar-refractivity contribution is 6.23. The molecule has 0 unspecified atom stereocenters. The van der Waals surface area contributed by atoms with E-state index in [4.69, 9.17) is 4.74 Å². The fraction of sp³-hybridized carbons (Fsp3) is 0.0588. The summed E-state index contributed by atoms with van der Waals surface area (Å²) < 4.78 is 5.44. The van der Waals surface area contributed by atoms with Gasteiger partial charge in [0, 0.05) is 10.8 Å². The monoisotopic (exact) mass is 231 g/mol. The smallest absolute Gasteiger partial charge is 0.127 e. The Kier molecular flexibility index (Phi) is 1.81. The summed E-state index contributed by atoms with van der Waals surface area (Å²) in [6.07, 6.45) is 0. The van der Waals surface area contributed by atoms with Crippen molar-refractivity contribution in [1.29, 1.82) is 0 Å². The van der Waals surface area contributed by atoms with Crippen LogP contribution in [-0.4, -0.2) is 7.11 Å². The average molecular weight is 231 g/mol. The van der Waals surface area contributed by atoms with Crippen LogP contribution in [0.25, 0.3) is 32.3 Å². The van der Waals surface area contributed by atoms with E-state index in [9.17, 15) is 0 Å². The van der Waals surface area contributed by atoms with Gasteiger partial charge in [0.1, 0.15) is 5.75 Å². The van der Waals surface area contributed by atoms with Gasteiger partial charge in [-0.05, 0) is 39.7 Å². The highest BCUT2D eigenvalue weighted by Gasteiger charge is 2.10. The molecule has 0 fully saturated rings. The van der Waals surface area contributed by atoms with Gasteiger partial charge >= 0.3 is 0 Å². The Labute approximate surface area is 105 Å². The Balaban J connectivity index is 2.40. The summed E-state index contributed by atoms with van der Waals surface area (Å²) in [5.41, 5.74) is 0. The molecule has 1 nitrogen and oxygen atoms in total. The first kappa shape index (κ1) is 9.72. The van der Waals surface area contributed by atoms with Crippen molar-refractivity contribution in [2.45, 2.75) is 0 Å². The molecule has 0 amide bonds. The van der Waals surface area contributed by atoms with Crippen molar-refractivity contribution in [2.75, 3.05) is 7.11 Å². The Bertz CT molecular complexity index is 845. The molecule has 4 rings (SSSR count). The number of hydrogen-bond acceptors (Lipinski definition) is 1. The van der Waals surface area contributed by atoms with E-state index in [1.54, 1.807) is 7.11 Å². The third-order valence-corrected chi connectivity index (χ3v) is 3.62. The lowest BCUT2D eigenvalue weighted by Crippen LogP contribution is -1.88. The van der Waals surface area contributed by atoms with Gasteiger partial charge in [-0.25, -0.2) is 0 Å². The molecule has 0 bridgehead atoms. The first-order valence-corrected chi connectivity index (χ1v) is 6.01. The highest BCUT2D eigenvalue weighted by atomic mass is 16.5. The Hall–Kier alpha value is -2.28. The predicted molar refractivity (Wildman–Crippen MR) is 75.5 cm³/mol. The van der Waals surface area contributed by atoms with E-state index in [1.165, 1.54) is 21.5 Å². The van der Waals surface area contributed by atoms with Crippen LogP contribution >= 0.6 is 0 Å². The van der Waals surface area contributed by atoms with Crippen LogP contribution in [0.4, 0.5) is 0 Å². The average Bonchev–Trinajstić information content (AvgIpc) is 2.44. The van der Waals surface area contributed by atoms with E-state index in [-0.39, 0.29) is 0 Å². The van der Waals surface area contributed by atoms with Crippen molar-refractivity contribution in [3.63, 3.8) is 0 Å². The lowest BCUT2D eigenvalue weighted by Gasteiger charge is -2.12. The summed E-state index contributed by atoms with van der Waals surface area (Å²) in [5, 5.41) is 7.41. The van der Waals surface area contributed by atoms with Crippen molar-refractivity contribution in [3.05, 3.63) is 54.6 Å². The molecule has 1 heteroatoms. The van der Waals surface area contributed by atoms with Gasteiger partial charge in [-0.1, -0.05) is 36.4 Å². The van der Waals surface area contributed by atoms with Crippen molar-refractivity contribution in [3.8, 4) is 5.75 Å². The standard InChI is InChI=1S/C17H11O/c1-18-15-10-8-13-6-5-11-3-2-4-12-7-9-14(15)17(13)16(11)12/h2-7,9-10H,1H3. The summed E-state index contributed by atoms with van der Waals surface area (Å²) in [6.45, 7) is 0. The maximum absolute atomic E-state index is 5.44. The second kappa shape index (κ2) is 3.36. The van der Waals surface area contributed by atoms with Gasteiger partial charge in [-0.3, -0.25) is 0 Å². The second-order valence-corrected chi connectivity index (χ2v) is 4.54. The minimum Gasteiger partial charge on any atom is -0.496 e. The first-order chi connectivity index (χ1) is 8.88. The highest BCUT2D eigenvalue weighted by Crippen LogP contribution is 2.37. The molecule has 4 aromatic rings. The summed E-state index contributed by atoms with van der Waals surface area (Å²) >= 11 is 0. The first-order valence-electron chi connectivity index (χ1n) is 6.01. The minimum atomic E-state index is 0.890. The SMILES string of the molecule is COc1c[c]c2ccc3cccc4ccc1c2c34. The van der Waals surface area contributed by atoms with E-state index in [0.717, 1.165) is 16.5 Å². The zero-order valence-corrected chi connectivity index (χ0v) is 10.0. The molecule has 0 N–H and O–H groups in total. The van der Waals surface area contributed by atoms with Crippen LogP contribution in [0.15, 0.2) is 48.5 Å². The molecule has 0 heterocycles. The third kappa shape index (κ3) is 1.11. The molecule has 85 valence electrons. The normalized spacial score (nSPS) is 11.6. The van der Waals surface area contributed by atoms with Gasteiger partial charge in [0.05, 0.1) is 7.11 Å². The lowest BCUT2D eigenvalue weighted by atomic mass is 9.94. The Morgan fingerprint density at radius 2 is 1.67 bits per heavy atom. The van der Waals surface area contributed by atoms with Crippen LogP contribution in [0.3, 0.4) is 0 Å². The summed E-state index contributed by atoms with van der Waals surface area (Å²) in [5.74, 6) is 0.890. The van der Waals surface area contributed by atoms with E-state index < -0.39 is 0 Å². The maximum atomic E-state index is 5.44. The molecule has 0 aliphatic rings. The van der Waals surface area contributed by atoms with Gasteiger partial charge in [0.15, 0.2) is 0 Å². The fourth-order valence-corrected chi connectivity index (χ4v) is 2.80. The zero-order chi connectivity index (χ0) is 12.1. The van der Waals surface area contributed by atoms with Crippen molar-refractivity contribution < 1.29 is 4.74 Å². The number of rotatable bonds is 1. The van der Waals surface area contributed by atoms with Crippen LogP contribution in [-0.2, 0) is 0 Å². The van der Waals surface area contributed by atoms with Crippen molar-refractivity contribution >= 4 is 32.3 Å². The molecule has 0 atom stereocenters. The third-order valence-electron chi connectivity index (χ3n) is 3.62. The van der Waals surface area contributed by atoms with Gasteiger partial charge in [-0.15, -0.1) is 0 Å². The van der Waals surface area contributed by atoms with E-state index in [1.807, 2.05) is 6.07 Å². The molecule has 0 aromatic heterocycles. The molecule has 1 radical (unpaired) electrons. The summed E-state index contributed by atoms with van der Waals surface area (Å²) in [4.78, 5) is 0. The van der Waals surface area contributed by atoms with E-state index in [0.29, 0.717) is 0 Å². The number of ether oxygens (including phenoxy) is 1. The van der Waals surface area contributed by atoms with Crippen LogP contribution < -0.4 is 4.74 Å². The van der Waals surface area contributed by atoms with Crippen molar-refractivity contribution in [1.82, 2.24) is 0 Å². The molecule has 0 saturated carbocycles. The summed E-state index contributed by atoms with van der Waals surface area (Å²) in [7, 11) is 1.71. The van der Waals surface area contributed by atoms with Crippen LogP contribution in [0.2, 0.25) is 0 Å².